The van der Waals surface area contributed by atoms with E-state index < -0.39 is 4.92 Å². The minimum absolute atomic E-state index is 0.00816. The molecule has 2 aromatic carbocycles. The molecule has 14 heteroatoms. The maximum absolute atomic E-state index is 12.2. The van der Waals surface area contributed by atoms with Crippen molar-refractivity contribution in [3.05, 3.63) is 57.1 Å². The third-order valence-electron chi connectivity index (χ3n) is 5.48. The fourth-order valence-corrected chi connectivity index (χ4v) is 7.44. The molecule has 1 aliphatic rings. The molecule has 1 atom stereocenters. The van der Waals surface area contributed by atoms with Crippen LogP contribution in [0, 0.1) is 17.0 Å². The number of ether oxygens (including phenoxy) is 1. The third kappa shape index (κ3) is 6.94. The number of thioether (sulfide) groups is 1. The predicted octanol–water partition coefficient (Wildman–Crippen LogP) is 5.65. The van der Waals surface area contributed by atoms with Gasteiger partial charge in [-0.25, -0.2) is 4.98 Å². The fraction of sp³-hybridized carbons (Fsp3) is 0.292. The average Bonchev–Trinajstić information content (AvgIpc) is 3.66. The molecule has 1 amide bonds. The van der Waals surface area contributed by atoms with Crippen molar-refractivity contribution in [2.75, 3.05) is 18.9 Å². The fourth-order valence-electron chi connectivity index (χ4n) is 3.65. The van der Waals surface area contributed by atoms with Gasteiger partial charge in [-0.15, -0.1) is 21.5 Å². The predicted molar refractivity (Wildman–Crippen MR) is 151 cm³/mol. The Labute approximate surface area is 234 Å². The number of aryl methyl sites for hydroxylation is 1. The van der Waals surface area contributed by atoms with Crippen LogP contribution in [0.15, 0.2) is 55.0 Å². The molecule has 38 heavy (non-hydrogen) atoms. The van der Waals surface area contributed by atoms with Crippen molar-refractivity contribution < 1.29 is 14.5 Å². The molecule has 3 heterocycles. The number of aromatic nitrogens is 3. The number of benzene rings is 2. The van der Waals surface area contributed by atoms with Gasteiger partial charge >= 0.3 is 0 Å². The minimum atomic E-state index is -0.404. The summed E-state index contributed by atoms with van der Waals surface area (Å²) in [4.78, 5) is 33.0. The highest BCUT2D eigenvalue weighted by molar-refractivity contribution is 8.01. The molecule has 10 nitrogen and oxygen atoms in total. The van der Waals surface area contributed by atoms with Crippen LogP contribution >= 0.6 is 46.2 Å². The van der Waals surface area contributed by atoms with E-state index >= 15 is 0 Å². The van der Waals surface area contributed by atoms with Crippen LogP contribution in [-0.4, -0.2) is 57.2 Å². The highest BCUT2D eigenvalue weighted by Gasteiger charge is 2.18. The maximum atomic E-state index is 12.2. The van der Waals surface area contributed by atoms with E-state index in [4.69, 9.17) is 4.74 Å². The van der Waals surface area contributed by atoms with Gasteiger partial charge in [0.05, 0.1) is 37.6 Å². The second-order valence-corrected chi connectivity index (χ2v) is 13.0. The summed E-state index contributed by atoms with van der Waals surface area (Å²) in [5, 5.41) is 23.4. The molecular weight excluding hydrogens is 565 g/mol. The largest absolute Gasteiger partial charge is 0.376 e. The van der Waals surface area contributed by atoms with E-state index in [1.807, 2.05) is 25.1 Å². The molecule has 2 aromatic heterocycles. The molecule has 5 rings (SSSR count). The number of rotatable bonds is 10. The number of thiazole rings is 1. The van der Waals surface area contributed by atoms with E-state index in [2.05, 4.69) is 25.5 Å². The Morgan fingerprint density at radius 1 is 1.26 bits per heavy atom. The zero-order valence-corrected chi connectivity index (χ0v) is 23.4. The lowest BCUT2D eigenvalue weighted by Gasteiger charge is -2.09. The number of fused-ring (bicyclic) bond motifs is 1. The molecule has 0 bridgehead atoms. The smallest absolute Gasteiger partial charge is 0.283 e. The van der Waals surface area contributed by atoms with Crippen molar-refractivity contribution in [1.29, 1.82) is 0 Å². The lowest BCUT2D eigenvalue weighted by Crippen LogP contribution is -2.32. The number of carbonyl (C=O) groups is 1. The summed E-state index contributed by atoms with van der Waals surface area (Å²) >= 11 is 5.52. The van der Waals surface area contributed by atoms with Gasteiger partial charge in [0.25, 0.3) is 5.69 Å². The van der Waals surface area contributed by atoms with Gasteiger partial charge in [0.15, 0.2) is 8.68 Å². The Morgan fingerprint density at radius 2 is 2.16 bits per heavy atom. The van der Waals surface area contributed by atoms with E-state index in [9.17, 15) is 14.9 Å². The number of hydrogen-bond acceptors (Lipinski definition) is 12. The van der Waals surface area contributed by atoms with E-state index in [0.29, 0.717) is 32.8 Å². The highest BCUT2D eigenvalue weighted by atomic mass is 32.2. The first-order valence-electron chi connectivity index (χ1n) is 11.6. The number of nitrogens with zero attached hydrogens (tertiary/aromatic N) is 5. The molecule has 1 saturated heterocycles. The van der Waals surface area contributed by atoms with Crippen LogP contribution in [-0.2, 0) is 9.53 Å². The number of nitro groups is 1. The minimum Gasteiger partial charge on any atom is -0.376 e. The van der Waals surface area contributed by atoms with Crippen LogP contribution < -0.4 is 5.32 Å². The molecule has 0 spiro atoms. The quantitative estimate of drug-likeness (QED) is 0.108. The SMILES string of the molecule is Cc1nnc(Sc2ccc(C=Nc3ccc4nc(SCC(=O)NC[C@@H]5CCCO5)sc4c3)cc2[N+](=O)[O-])s1. The van der Waals surface area contributed by atoms with E-state index in [1.165, 1.54) is 52.3 Å². The molecule has 0 unspecified atom stereocenters. The summed E-state index contributed by atoms with van der Waals surface area (Å²) in [5.74, 6) is 0.260. The van der Waals surface area contributed by atoms with Crippen LogP contribution in [0.25, 0.3) is 10.2 Å². The lowest BCUT2D eigenvalue weighted by atomic mass is 10.2. The monoisotopic (exact) mass is 586 g/mol. The molecule has 0 saturated carbocycles. The van der Waals surface area contributed by atoms with Crippen molar-refractivity contribution in [3.63, 3.8) is 0 Å². The number of amides is 1. The zero-order chi connectivity index (χ0) is 26.5. The molecule has 196 valence electrons. The number of hydrogen-bond donors (Lipinski definition) is 1. The Morgan fingerprint density at radius 3 is 2.92 bits per heavy atom. The van der Waals surface area contributed by atoms with Crippen LogP contribution in [0.1, 0.15) is 23.4 Å². The van der Waals surface area contributed by atoms with Crippen molar-refractivity contribution >= 4 is 79.9 Å². The Bertz CT molecular complexity index is 1500. The van der Waals surface area contributed by atoms with Gasteiger partial charge in [0.2, 0.25) is 5.91 Å². The van der Waals surface area contributed by atoms with E-state index in [1.54, 1.807) is 18.3 Å². The second kappa shape index (κ2) is 12.3. The summed E-state index contributed by atoms with van der Waals surface area (Å²) in [6, 6.07) is 10.6. The summed E-state index contributed by atoms with van der Waals surface area (Å²) < 4.78 is 7.94. The first-order valence-corrected chi connectivity index (χ1v) is 15.1. The van der Waals surface area contributed by atoms with Gasteiger partial charge in [-0.3, -0.25) is 19.9 Å². The number of nitro benzene ring substituents is 1. The normalized spacial score (nSPS) is 15.4. The topological polar surface area (TPSA) is 132 Å². The van der Waals surface area contributed by atoms with Crippen LogP contribution in [0.4, 0.5) is 11.4 Å². The first-order chi connectivity index (χ1) is 18.4. The Hall–Kier alpha value is -2.91. The second-order valence-electron chi connectivity index (χ2n) is 8.29. The van der Waals surface area contributed by atoms with E-state index in [0.717, 1.165) is 39.0 Å². The molecular formula is C24H22N6O4S4. The number of aliphatic imine (C=N–C) groups is 1. The van der Waals surface area contributed by atoms with Crippen LogP contribution in [0.2, 0.25) is 0 Å². The number of carbonyl (C=O) groups excluding carboxylic acids is 1. The lowest BCUT2D eigenvalue weighted by molar-refractivity contribution is -0.387. The van der Waals surface area contributed by atoms with Gasteiger partial charge in [-0.1, -0.05) is 40.9 Å². The van der Waals surface area contributed by atoms with Gasteiger partial charge in [0.1, 0.15) is 5.01 Å². The van der Waals surface area contributed by atoms with E-state index in [-0.39, 0.29) is 17.7 Å². The zero-order valence-electron chi connectivity index (χ0n) is 20.2. The highest BCUT2D eigenvalue weighted by Crippen LogP contribution is 2.37. The van der Waals surface area contributed by atoms with Crippen LogP contribution in [0.3, 0.4) is 0 Å². The standard InChI is InChI=1S/C24H22N6O4S4/c1-14-28-29-24(36-14)37-20-7-4-15(9-19(20)30(32)33)11-25-16-5-6-18-21(10-16)38-23(27-18)35-13-22(31)26-12-17-3-2-8-34-17/h4-7,9-11,17H,2-3,8,12-13H2,1H3,(H,26,31)/t17-/m0/s1. The summed E-state index contributed by atoms with van der Waals surface area (Å²) in [6.07, 6.45) is 3.76. The summed E-state index contributed by atoms with van der Waals surface area (Å²) in [6.45, 7) is 3.16. The molecule has 1 fully saturated rings. The van der Waals surface area contributed by atoms with Gasteiger partial charge < -0.3 is 10.1 Å². The molecule has 0 aliphatic carbocycles. The first kappa shape index (κ1) is 26.7. The van der Waals surface area contributed by atoms with Crippen molar-refractivity contribution in [1.82, 2.24) is 20.5 Å². The Kier molecular flexibility index (Phi) is 8.64. The summed E-state index contributed by atoms with van der Waals surface area (Å²) in [7, 11) is 0. The third-order valence-corrected chi connectivity index (χ3v) is 9.59. The molecule has 4 aromatic rings. The molecule has 1 aliphatic heterocycles. The Balaban J connectivity index is 1.22. The average molecular weight is 587 g/mol. The maximum Gasteiger partial charge on any atom is 0.283 e. The summed E-state index contributed by atoms with van der Waals surface area (Å²) in [5.41, 5.74) is 2.15. The van der Waals surface area contributed by atoms with Gasteiger partial charge in [-0.2, -0.15) is 0 Å². The van der Waals surface area contributed by atoms with Gasteiger partial charge in [0, 0.05) is 25.4 Å². The van der Waals surface area contributed by atoms with Gasteiger partial charge in [-0.05, 0) is 49.6 Å². The molecule has 1 N–H and O–H groups in total. The van der Waals surface area contributed by atoms with Crippen molar-refractivity contribution in [2.45, 2.75) is 39.4 Å². The van der Waals surface area contributed by atoms with Crippen molar-refractivity contribution in [3.8, 4) is 0 Å². The molecule has 0 radical (unpaired) electrons. The van der Waals surface area contributed by atoms with Crippen LogP contribution in [0.5, 0.6) is 0 Å². The van der Waals surface area contributed by atoms with Crippen molar-refractivity contribution in [2.24, 2.45) is 4.99 Å². The number of nitrogens with one attached hydrogen (secondary N) is 1.